The van der Waals surface area contributed by atoms with Crippen molar-refractivity contribution in [1.82, 2.24) is 0 Å². The van der Waals surface area contributed by atoms with Crippen molar-refractivity contribution < 1.29 is 10.0 Å². The maximum Gasteiger partial charge on any atom is 0.276 e. The highest BCUT2D eigenvalue weighted by molar-refractivity contribution is 5.61. The van der Waals surface area contributed by atoms with Crippen LogP contribution in [0.2, 0.25) is 0 Å². The van der Waals surface area contributed by atoms with Crippen molar-refractivity contribution >= 4 is 11.8 Å². The molecule has 0 aliphatic carbocycles. The highest BCUT2D eigenvalue weighted by atomic mass is 16.6. The SMILES string of the molecule is Cc1ccc(C=CCO)c([N+](=O)[O-])c1. The largest absolute Gasteiger partial charge is 0.392 e. The average Bonchev–Trinajstić information content (AvgIpc) is 2.15. The Morgan fingerprint density at radius 1 is 1.57 bits per heavy atom. The molecule has 0 radical (unpaired) electrons. The Morgan fingerprint density at radius 2 is 2.29 bits per heavy atom. The fourth-order valence-electron chi connectivity index (χ4n) is 1.13. The molecule has 1 aromatic rings. The molecule has 4 heteroatoms. The third-order valence-electron chi connectivity index (χ3n) is 1.79. The molecule has 0 aliphatic rings. The minimum atomic E-state index is -0.427. The second-order valence-corrected chi connectivity index (χ2v) is 2.90. The van der Waals surface area contributed by atoms with Crippen LogP contribution < -0.4 is 0 Å². The first kappa shape index (κ1) is 10.4. The van der Waals surface area contributed by atoms with Gasteiger partial charge in [-0.3, -0.25) is 10.1 Å². The van der Waals surface area contributed by atoms with Gasteiger partial charge in [0.15, 0.2) is 0 Å². The van der Waals surface area contributed by atoms with E-state index in [1.54, 1.807) is 19.1 Å². The summed E-state index contributed by atoms with van der Waals surface area (Å²) in [5.74, 6) is 0. The number of nitrogens with zero attached hydrogens (tertiary/aromatic N) is 1. The van der Waals surface area contributed by atoms with E-state index in [-0.39, 0.29) is 12.3 Å². The Hall–Kier alpha value is -1.68. The van der Waals surface area contributed by atoms with E-state index in [1.807, 2.05) is 0 Å². The zero-order chi connectivity index (χ0) is 10.6. The second kappa shape index (κ2) is 4.53. The lowest BCUT2D eigenvalue weighted by atomic mass is 10.1. The first-order valence-corrected chi connectivity index (χ1v) is 4.17. The summed E-state index contributed by atoms with van der Waals surface area (Å²) in [5, 5.41) is 19.2. The topological polar surface area (TPSA) is 63.4 Å². The van der Waals surface area contributed by atoms with Gasteiger partial charge in [0.2, 0.25) is 0 Å². The molecule has 0 amide bonds. The molecule has 0 bridgehead atoms. The number of aliphatic hydroxyl groups is 1. The predicted octanol–water partition coefficient (Wildman–Crippen LogP) is 1.91. The van der Waals surface area contributed by atoms with Crippen molar-refractivity contribution in [1.29, 1.82) is 0 Å². The van der Waals surface area contributed by atoms with Crippen molar-refractivity contribution in [3.8, 4) is 0 Å². The highest BCUT2D eigenvalue weighted by Crippen LogP contribution is 2.21. The van der Waals surface area contributed by atoms with Gasteiger partial charge in [-0.25, -0.2) is 0 Å². The van der Waals surface area contributed by atoms with E-state index >= 15 is 0 Å². The summed E-state index contributed by atoms with van der Waals surface area (Å²) in [7, 11) is 0. The Labute approximate surface area is 81.6 Å². The monoisotopic (exact) mass is 193 g/mol. The van der Waals surface area contributed by atoms with Crippen LogP contribution in [-0.4, -0.2) is 16.6 Å². The molecule has 0 fully saturated rings. The van der Waals surface area contributed by atoms with Crippen molar-refractivity contribution in [3.63, 3.8) is 0 Å². The maximum atomic E-state index is 10.6. The molecular formula is C10H11NO3. The van der Waals surface area contributed by atoms with Crippen LogP contribution in [0.5, 0.6) is 0 Å². The molecule has 1 rings (SSSR count). The second-order valence-electron chi connectivity index (χ2n) is 2.90. The number of hydrogen-bond donors (Lipinski definition) is 1. The van der Waals surface area contributed by atoms with Crippen LogP contribution in [0.3, 0.4) is 0 Å². The molecule has 4 nitrogen and oxygen atoms in total. The van der Waals surface area contributed by atoms with Gasteiger partial charge in [0.25, 0.3) is 5.69 Å². The lowest BCUT2D eigenvalue weighted by Crippen LogP contribution is -1.92. The van der Waals surface area contributed by atoms with Gasteiger partial charge in [0.1, 0.15) is 0 Å². The third kappa shape index (κ3) is 2.40. The summed E-state index contributed by atoms with van der Waals surface area (Å²) in [6, 6.07) is 4.97. The number of nitro groups is 1. The lowest BCUT2D eigenvalue weighted by Gasteiger charge is -1.98. The van der Waals surface area contributed by atoms with E-state index in [4.69, 9.17) is 5.11 Å². The van der Waals surface area contributed by atoms with Crippen molar-refractivity contribution in [3.05, 3.63) is 45.5 Å². The first-order valence-electron chi connectivity index (χ1n) is 4.17. The summed E-state index contributed by atoms with van der Waals surface area (Å²) in [6.07, 6.45) is 3.01. The lowest BCUT2D eigenvalue weighted by molar-refractivity contribution is -0.385. The number of nitro benzene ring substituents is 1. The number of rotatable bonds is 3. The van der Waals surface area contributed by atoms with Crippen LogP contribution in [0.25, 0.3) is 6.08 Å². The van der Waals surface area contributed by atoms with Crippen LogP contribution >= 0.6 is 0 Å². The van der Waals surface area contributed by atoms with E-state index in [1.165, 1.54) is 18.2 Å². The molecule has 74 valence electrons. The zero-order valence-electron chi connectivity index (χ0n) is 7.80. The van der Waals surface area contributed by atoms with Gasteiger partial charge in [-0.1, -0.05) is 12.1 Å². The van der Waals surface area contributed by atoms with Crippen molar-refractivity contribution in [2.75, 3.05) is 6.61 Å². The summed E-state index contributed by atoms with van der Waals surface area (Å²) in [4.78, 5) is 10.2. The number of aliphatic hydroxyl groups excluding tert-OH is 1. The number of benzene rings is 1. The van der Waals surface area contributed by atoms with Gasteiger partial charge in [0, 0.05) is 6.07 Å². The van der Waals surface area contributed by atoms with E-state index < -0.39 is 4.92 Å². The van der Waals surface area contributed by atoms with Crippen molar-refractivity contribution in [2.24, 2.45) is 0 Å². The van der Waals surface area contributed by atoms with Gasteiger partial charge < -0.3 is 5.11 Å². The minimum Gasteiger partial charge on any atom is -0.392 e. The fourth-order valence-corrected chi connectivity index (χ4v) is 1.13. The molecule has 0 aromatic heterocycles. The highest BCUT2D eigenvalue weighted by Gasteiger charge is 2.10. The summed E-state index contributed by atoms with van der Waals surface area (Å²) in [5.41, 5.74) is 1.42. The normalized spacial score (nSPS) is 10.7. The molecule has 0 spiro atoms. The Kier molecular flexibility index (Phi) is 3.36. The van der Waals surface area contributed by atoms with Crippen LogP contribution in [0, 0.1) is 17.0 Å². The maximum absolute atomic E-state index is 10.6. The first-order chi connectivity index (χ1) is 6.65. The molecule has 0 saturated heterocycles. The zero-order valence-corrected chi connectivity index (χ0v) is 7.80. The van der Waals surface area contributed by atoms with Crippen molar-refractivity contribution in [2.45, 2.75) is 6.92 Å². The summed E-state index contributed by atoms with van der Waals surface area (Å²) in [6.45, 7) is 1.68. The van der Waals surface area contributed by atoms with Gasteiger partial charge in [0.05, 0.1) is 17.1 Å². The Morgan fingerprint density at radius 3 is 2.86 bits per heavy atom. The van der Waals surface area contributed by atoms with Gasteiger partial charge in [-0.2, -0.15) is 0 Å². The molecule has 0 heterocycles. The Balaban J connectivity index is 3.15. The molecule has 1 aromatic carbocycles. The van der Waals surface area contributed by atoms with E-state index in [0.717, 1.165) is 5.56 Å². The van der Waals surface area contributed by atoms with Gasteiger partial charge in [-0.15, -0.1) is 0 Å². The van der Waals surface area contributed by atoms with Crippen LogP contribution in [0.1, 0.15) is 11.1 Å². The molecular weight excluding hydrogens is 182 g/mol. The van der Waals surface area contributed by atoms with Crippen LogP contribution in [0.4, 0.5) is 5.69 Å². The molecule has 1 N–H and O–H groups in total. The average molecular weight is 193 g/mol. The van der Waals surface area contributed by atoms with Gasteiger partial charge in [-0.05, 0) is 24.6 Å². The molecule has 0 saturated carbocycles. The molecule has 0 atom stereocenters. The number of aryl methyl sites for hydroxylation is 1. The summed E-state index contributed by atoms with van der Waals surface area (Å²) < 4.78 is 0. The molecule has 0 unspecified atom stereocenters. The quantitative estimate of drug-likeness (QED) is 0.589. The summed E-state index contributed by atoms with van der Waals surface area (Å²) >= 11 is 0. The number of hydrogen-bond acceptors (Lipinski definition) is 3. The van der Waals surface area contributed by atoms with E-state index in [0.29, 0.717) is 5.56 Å². The van der Waals surface area contributed by atoms with E-state index in [2.05, 4.69) is 0 Å². The van der Waals surface area contributed by atoms with Crippen LogP contribution in [0.15, 0.2) is 24.3 Å². The fraction of sp³-hybridized carbons (Fsp3) is 0.200. The third-order valence-corrected chi connectivity index (χ3v) is 1.79. The molecule has 0 aliphatic heterocycles. The van der Waals surface area contributed by atoms with E-state index in [9.17, 15) is 10.1 Å². The van der Waals surface area contributed by atoms with Crippen LogP contribution in [-0.2, 0) is 0 Å². The predicted molar refractivity (Wildman–Crippen MR) is 54.0 cm³/mol. The minimum absolute atomic E-state index is 0.0645. The standard InChI is InChI=1S/C10H11NO3/c1-8-4-5-9(3-2-6-12)10(7-8)11(13)14/h2-5,7,12H,6H2,1H3. The molecule has 14 heavy (non-hydrogen) atoms. The Bertz CT molecular complexity index is 372. The van der Waals surface area contributed by atoms with Gasteiger partial charge >= 0.3 is 0 Å². The smallest absolute Gasteiger partial charge is 0.276 e.